The fourth-order valence-electron chi connectivity index (χ4n) is 4.31. The van der Waals surface area contributed by atoms with Crippen LogP contribution in [-0.4, -0.2) is 86.3 Å². The zero-order chi connectivity index (χ0) is 32.1. The van der Waals surface area contributed by atoms with Gasteiger partial charge in [0.15, 0.2) is 17.4 Å². The Labute approximate surface area is 250 Å². The predicted molar refractivity (Wildman–Crippen MR) is 156 cm³/mol. The molecule has 3 rings (SSSR count). The lowest BCUT2D eigenvalue weighted by atomic mass is 10.0. The van der Waals surface area contributed by atoms with E-state index in [0.29, 0.717) is 18.4 Å². The van der Waals surface area contributed by atoms with Gasteiger partial charge in [0.1, 0.15) is 17.7 Å². The smallest absolute Gasteiger partial charge is 0.342 e. The lowest BCUT2D eigenvalue weighted by Crippen LogP contribution is -2.43. The summed E-state index contributed by atoms with van der Waals surface area (Å²) >= 11 is 0. The summed E-state index contributed by atoms with van der Waals surface area (Å²) in [5.41, 5.74) is 5.01. The highest BCUT2D eigenvalue weighted by molar-refractivity contribution is 7.54. The molecule has 0 radical (unpaired) electrons. The van der Waals surface area contributed by atoms with E-state index in [2.05, 4.69) is 25.1 Å². The fourth-order valence-corrected chi connectivity index (χ4v) is 6.14. The summed E-state index contributed by atoms with van der Waals surface area (Å²) in [5.74, 6) is -1.17. The third-order valence-electron chi connectivity index (χ3n) is 7.01. The molecule has 16 nitrogen and oxygen atoms in total. The SMILES string of the molecule is CCC(C)OC(=O)C(C)NP(=O)(NC(C)C(=O)OC(C)CC)OCC1CC(C)(O)C(n2cnc3c(OC)nc(N)nc32)O1. The fraction of sp³-hybridized carbons (Fsp3) is 0.731. The maximum absolute atomic E-state index is 14.0. The Morgan fingerprint density at radius 2 is 1.70 bits per heavy atom. The minimum absolute atomic E-state index is 0.0522. The van der Waals surface area contributed by atoms with E-state index in [4.69, 9.17) is 29.2 Å². The van der Waals surface area contributed by atoms with E-state index in [1.54, 1.807) is 20.8 Å². The Hall–Kier alpha value is -2.88. The molecule has 1 aliphatic heterocycles. The average Bonchev–Trinajstić information content (AvgIpc) is 3.49. The second kappa shape index (κ2) is 14.3. The quantitative estimate of drug-likeness (QED) is 0.164. The molecule has 17 heteroatoms. The van der Waals surface area contributed by atoms with Crippen molar-refractivity contribution in [2.75, 3.05) is 19.5 Å². The Morgan fingerprint density at radius 1 is 1.14 bits per heavy atom. The molecule has 0 aromatic carbocycles. The molecule has 2 aromatic heterocycles. The van der Waals surface area contributed by atoms with Crippen molar-refractivity contribution in [2.45, 2.75) is 110 Å². The summed E-state index contributed by atoms with van der Waals surface area (Å²) in [4.78, 5) is 37.8. The summed E-state index contributed by atoms with van der Waals surface area (Å²) in [5, 5.41) is 16.6. The van der Waals surface area contributed by atoms with E-state index in [9.17, 15) is 19.3 Å². The zero-order valence-corrected chi connectivity index (χ0v) is 26.8. The normalized spacial score (nSPS) is 24.6. The number of nitrogens with one attached hydrogen (secondary N) is 2. The molecule has 1 aliphatic rings. The Bertz CT molecular complexity index is 1290. The van der Waals surface area contributed by atoms with E-state index in [-0.39, 0.29) is 42.7 Å². The molecule has 7 atom stereocenters. The van der Waals surface area contributed by atoms with Crippen molar-refractivity contribution >= 4 is 36.7 Å². The Kier molecular flexibility index (Phi) is 11.5. The number of aromatic nitrogens is 4. The summed E-state index contributed by atoms with van der Waals surface area (Å²) < 4.78 is 43.4. The number of anilines is 1. The third-order valence-corrected chi connectivity index (χ3v) is 8.98. The zero-order valence-electron chi connectivity index (χ0n) is 25.9. The van der Waals surface area contributed by atoms with E-state index in [1.807, 2.05) is 13.8 Å². The van der Waals surface area contributed by atoms with Crippen LogP contribution in [0.5, 0.6) is 5.88 Å². The molecular formula is C26H44N7O9P. The number of nitrogens with two attached hydrogens (primary N) is 1. The number of esters is 2. The molecule has 242 valence electrons. The van der Waals surface area contributed by atoms with Gasteiger partial charge in [-0.1, -0.05) is 13.8 Å². The van der Waals surface area contributed by atoms with Crippen LogP contribution in [0, 0.1) is 0 Å². The third kappa shape index (κ3) is 8.61. The van der Waals surface area contributed by atoms with Crippen molar-refractivity contribution in [2.24, 2.45) is 0 Å². The van der Waals surface area contributed by atoms with E-state index in [1.165, 1.54) is 31.9 Å². The van der Waals surface area contributed by atoms with Crippen molar-refractivity contribution in [3.8, 4) is 5.88 Å². The van der Waals surface area contributed by atoms with Gasteiger partial charge in [-0.3, -0.25) is 18.7 Å². The first-order chi connectivity index (χ1) is 20.1. The average molecular weight is 630 g/mol. The lowest BCUT2D eigenvalue weighted by Gasteiger charge is -2.27. The van der Waals surface area contributed by atoms with Gasteiger partial charge in [0.05, 0.1) is 38.4 Å². The van der Waals surface area contributed by atoms with Gasteiger partial charge in [0, 0.05) is 6.42 Å². The molecule has 43 heavy (non-hydrogen) atoms. The van der Waals surface area contributed by atoms with Gasteiger partial charge in [0.2, 0.25) is 11.8 Å². The number of rotatable bonds is 15. The largest absolute Gasteiger partial charge is 0.479 e. The van der Waals surface area contributed by atoms with Crippen molar-refractivity contribution in [1.82, 2.24) is 29.7 Å². The van der Waals surface area contributed by atoms with Crippen LogP contribution in [0.1, 0.15) is 74.0 Å². The van der Waals surface area contributed by atoms with Gasteiger partial charge in [0.25, 0.3) is 0 Å². The van der Waals surface area contributed by atoms with Crippen LogP contribution in [0.15, 0.2) is 6.33 Å². The molecule has 3 heterocycles. The summed E-state index contributed by atoms with van der Waals surface area (Å²) in [6.07, 6.45) is 0.265. The van der Waals surface area contributed by atoms with Gasteiger partial charge in [-0.05, 0) is 47.5 Å². The first kappa shape index (κ1) is 34.6. The molecule has 0 aliphatic carbocycles. The second-order valence-corrected chi connectivity index (χ2v) is 12.8. The number of nitrogens with zero attached hydrogens (tertiary/aromatic N) is 4. The van der Waals surface area contributed by atoms with Crippen LogP contribution in [0.3, 0.4) is 0 Å². The highest BCUT2D eigenvalue weighted by atomic mass is 31.2. The number of carbonyl (C=O) groups excluding carboxylic acids is 2. The second-order valence-electron chi connectivity index (χ2n) is 10.9. The molecule has 0 saturated carbocycles. The summed E-state index contributed by atoms with van der Waals surface area (Å²) in [6.45, 7) is 11.5. The molecule has 0 spiro atoms. The van der Waals surface area contributed by atoms with Gasteiger partial charge in [-0.15, -0.1) is 0 Å². The number of ether oxygens (including phenoxy) is 4. The monoisotopic (exact) mass is 629 g/mol. The van der Waals surface area contributed by atoms with Gasteiger partial charge in [-0.2, -0.15) is 9.97 Å². The molecular weight excluding hydrogens is 585 g/mol. The van der Waals surface area contributed by atoms with Gasteiger partial charge in [-0.25, -0.2) is 15.2 Å². The molecule has 0 amide bonds. The van der Waals surface area contributed by atoms with Crippen molar-refractivity contribution in [3.63, 3.8) is 0 Å². The number of methoxy groups -OCH3 is 1. The van der Waals surface area contributed by atoms with Crippen LogP contribution in [0.2, 0.25) is 0 Å². The van der Waals surface area contributed by atoms with Crippen LogP contribution in [0.4, 0.5) is 5.95 Å². The molecule has 2 aromatic rings. The first-order valence-electron chi connectivity index (χ1n) is 14.3. The summed E-state index contributed by atoms with van der Waals surface area (Å²) in [7, 11) is -2.69. The number of hydrogen-bond donors (Lipinski definition) is 4. The first-order valence-corrected chi connectivity index (χ1v) is 15.9. The standard InChI is InChI=1S/C26H44N7O9P/c1-9-14(3)40-22(34)16(5)31-43(37,32-17(6)23(35)41-15(4)10-2)39-12-18-11-26(7,36)24(42-18)33-13-28-19-20(33)29-25(27)30-21(19)38-8/h13-18,24,36H,9-12H2,1-8H3,(H2,27,29,30)(H2,31,32,37). The van der Waals surface area contributed by atoms with Gasteiger partial charge < -0.3 is 34.3 Å². The van der Waals surface area contributed by atoms with Crippen LogP contribution in [0.25, 0.3) is 11.2 Å². The predicted octanol–water partition coefficient (Wildman–Crippen LogP) is 2.22. The van der Waals surface area contributed by atoms with E-state index in [0.717, 1.165) is 0 Å². The van der Waals surface area contributed by atoms with Gasteiger partial charge >= 0.3 is 19.6 Å². The van der Waals surface area contributed by atoms with Crippen molar-refractivity contribution in [1.29, 1.82) is 0 Å². The number of imidazole rings is 1. The number of fused-ring (bicyclic) bond motifs is 1. The van der Waals surface area contributed by atoms with Crippen LogP contribution < -0.4 is 20.6 Å². The number of nitrogen functional groups attached to an aromatic ring is 1. The summed E-state index contributed by atoms with van der Waals surface area (Å²) in [6, 6.07) is -2.11. The highest BCUT2D eigenvalue weighted by Crippen LogP contribution is 2.44. The van der Waals surface area contributed by atoms with Crippen LogP contribution >= 0.6 is 7.67 Å². The lowest BCUT2D eigenvalue weighted by molar-refractivity contribution is -0.150. The Morgan fingerprint density at radius 3 is 2.21 bits per heavy atom. The van der Waals surface area contributed by atoms with Crippen molar-refractivity contribution in [3.05, 3.63) is 6.33 Å². The maximum Gasteiger partial charge on any atom is 0.342 e. The van der Waals surface area contributed by atoms with E-state index < -0.39 is 49.6 Å². The van der Waals surface area contributed by atoms with E-state index >= 15 is 0 Å². The minimum Gasteiger partial charge on any atom is -0.479 e. The molecule has 0 bridgehead atoms. The molecule has 1 fully saturated rings. The molecule has 5 N–H and O–H groups in total. The Balaban J connectivity index is 1.79. The number of aliphatic hydroxyl groups is 1. The number of carbonyl (C=O) groups is 2. The minimum atomic E-state index is -4.11. The number of hydrogen-bond acceptors (Lipinski definition) is 13. The van der Waals surface area contributed by atoms with Crippen molar-refractivity contribution < 1.29 is 42.7 Å². The topological polar surface area (TPSA) is 211 Å². The highest BCUT2D eigenvalue weighted by Gasteiger charge is 2.47. The maximum atomic E-state index is 14.0. The molecule has 1 saturated heterocycles. The van der Waals surface area contributed by atoms with Crippen LogP contribution in [-0.2, 0) is 32.9 Å². The molecule has 7 unspecified atom stereocenters.